The van der Waals surface area contributed by atoms with Crippen LogP contribution in [-0.2, 0) is 9.31 Å². The number of rotatable bonds is 4. The van der Waals surface area contributed by atoms with Crippen molar-refractivity contribution in [2.24, 2.45) is 5.73 Å². The SMILES string of the molecule is CC1(C)OB(C(=Cc2cc(F)ccc2C(=O)O)CN)OC1(C)C. The fourth-order valence-corrected chi connectivity index (χ4v) is 2.27. The van der Waals surface area contributed by atoms with Crippen molar-refractivity contribution in [3.8, 4) is 0 Å². The van der Waals surface area contributed by atoms with E-state index in [0.717, 1.165) is 12.1 Å². The fourth-order valence-electron chi connectivity index (χ4n) is 2.27. The predicted molar refractivity (Wildman–Crippen MR) is 86.5 cm³/mol. The minimum atomic E-state index is -1.14. The highest BCUT2D eigenvalue weighted by atomic mass is 19.1. The van der Waals surface area contributed by atoms with Crippen molar-refractivity contribution >= 4 is 19.2 Å². The minimum Gasteiger partial charge on any atom is -0.478 e. The monoisotopic (exact) mass is 321 g/mol. The Balaban J connectivity index is 2.41. The van der Waals surface area contributed by atoms with Gasteiger partial charge in [0.1, 0.15) is 5.82 Å². The molecule has 0 amide bonds. The standard InChI is InChI=1S/C16H21BFNO4/c1-15(2)16(3,4)23-17(22-15)11(9-19)7-10-8-12(18)5-6-13(10)14(20)21/h5-8H,9,19H2,1-4H3,(H,20,21). The molecule has 0 radical (unpaired) electrons. The lowest BCUT2D eigenvalue weighted by atomic mass is 9.77. The van der Waals surface area contributed by atoms with E-state index in [0.29, 0.717) is 5.47 Å². The third-order valence-corrected chi connectivity index (χ3v) is 4.38. The zero-order valence-electron chi connectivity index (χ0n) is 13.7. The van der Waals surface area contributed by atoms with Gasteiger partial charge < -0.3 is 20.1 Å². The number of hydrogen-bond donors (Lipinski definition) is 2. The molecular formula is C16H21BFNO4. The summed E-state index contributed by atoms with van der Waals surface area (Å²) in [6, 6.07) is 3.49. The molecule has 5 nitrogen and oxygen atoms in total. The highest BCUT2D eigenvalue weighted by Crippen LogP contribution is 2.38. The van der Waals surface area contributed by atoms with Gasteiger partial charge in [-0.25, -0.2) is 9.18 Å². The number of carboxylic acids is 1. The van der Waals surface area contributed by atoms with Crippen LogP contribution < -0.4 is 5.73 Å². The third-order valence-electron chi connectivity index (χ3n) is 4.38. The Morgan fingerprint density at radius 3 is 2.35 bits per heavy atom. The predicted octanol–water partition coefficient (Wildman–Crippen LogP) is 2.50. The van der Waals surface area contributed by atoms with Gasteiger partial charge in [0.25, 0.3) is 0 Å². The van der Waals surface area contributed by atoms with Crippen LogP contribution in [0.4, 0.5) is 4.39 Å². The second-order valence-corrected chi connectivity index (χ2v) is 6.55. The van der Waals surface area contributed by atoms with Crippen LogP contribution >= 0.6 is 0 Å². The molecule has 0 spiro atoms. The molecule has 0 atom stereocenters. The van der Waals surface area contributed by atoms with E-state index in [2.05, 4.69) is 0 Å². The Hall–Kier alpha value is -1.70. The van der Waals surface area contributed by atoms with Gasteiger partial charge in [-0.15, -0.1) is 0 Å². The van der Waals surface area contributed by atoms with E-state index in [1.165, 1.54) is 12.1 Å². The van der Waals surface area contributed by atoms with E-state index in [4.69, 9.17) is 15.0 Å². The van der Waals surface area contributed by atoms with Gasteiger partial charge in [0.15, 0.2) is 0 Å². The maximum Gasteiger partial charge on any atom is 0.491 e. The number of halogens is 1. The number of carbonyl (C=O) groups is 1. The normalized spacial score (nSPS) is 19.9. The molecule has 1 aliphatic rings. The Kier molecular flexibility index (Phi) is 4.66. The first kappa shape index (κ1) is 17.7. The molecule has 1 heterocycles. The highest BCUT2D eigenvalue weighted by Gasteiger charge is 2.52. The van der Waals surface area contributed by atoms with Crippen molar-refractivity contribution in [2.45, 2.75) is 38.9 Å². The first-order chi connectivity index (χ1) is 10.6. The molecule has 7 heteroatoms. The molecule has 1 aromatic carbocycles. The first-order valence-corrected chi connectivity index (χ1v) is 7.36. The molecule has 0 aliphatic carbocycles. The molecule has 1 aliphatic heterocycles. The fraction of sp³-hybridized carbons (Fsp3) is 0.438. The minimum absolute atomic E-state index is 0.00568. The van der Waals surface area contributed by atoms with Crippen LogP contribution in [0.3, 0.4) is 0 Å². The highest BCUT2D eigenvalue weighted by molar-refractivity contribution is 6.56. The van der Waals surface area contributed by atoms with Crippen LogP contribution in [0.2, 0.25) is 0 Å². The van der Waals surface area contributed by atoms with E-state index in [-0.39, 0.29) is 17.7 Å². The van der Waals surface area contributed by atoms with Gasteiger partial charge in [0.2, 0.25) is 0 Å². The molecule has 1 fully saturated rings. The summed E-state index contributed by atoms with van der Waals surface area (Å²) in [5, 5.41) is 9.23. The van der Waals surface area contributed by atoms with Crippen molar-refractivity contribution in [1.29, 1.82) is 0 Å². The average molecular weight is 321 g/mol. The molecule has 0 aromatic heterocycles. The van der Waals surface area contributed by atoms with Crippen molar-refractivity contribution in [3.05, 3.63) is 40.6 Å². The number of carboxylic acid groups (broad SMARTS) is 1. The number of nitrogens with two attached hydrogens (primary N) is 1. The topological polar surface area (TPSA) is 81.8 Å². The van der Waals surface area contributed by atoms with Crippen LogP contribution in [0, 0.1) is 5.82 Å². The second kappa shape index (κ2) is 6.07. The number of benzene rings is 1. The van der Waals surface area contributed by atoms with E-state index in [1.54, 1.807) is 0 Å². The smallest absolute Gasteiger partial charge is 0.478 e. The summed E-state index contributed by atoms with van der Waals surface area (Å²) < 4.78 is 25.3. The molecule has 0 unspecified atom stereocenters. The van der Waals surface area contributed by atoms with Gasteiger partial charge in [0, 0.05) is 6.54 Å². The summed E-state index contributed by atoms with van der Waals surface area (Å²) in [6.45, 7) is 7.74. The zero-order valence-corrected chi connectivity index (χ0v) is 13.7. The van der Waals surface area contributed by atoms with Crippen molar-refractivity contribution in [3.63, 3.8) is 0 Å². The lowest BCUT2D eigenvalue weighted by molar-refractivity contribution is 0.00578. The largest absolute Gasteiger partial charge is 0.491 e. The van der Waals surface area contributed by atoms with Gasteiger partial charge in [-0.2, -0.15) is 0 Å². The Labute approximate surface area is 135 Å². The molecule has 0 saturated carbocycles. The summed E-state index contributed by atoms with van der Waals surface area (Å²) in [5.74, 6) is -1.66. The first-order valence-electron chi connectivity index (χ1n) is 7.36. The molecular weight excluding hydrogens is 300 g/mol. The maximum atomic E-state index is 13.5. The Bertz CT molecular complexity index is 641. The van der Waals surface area contributed by atoms with E-state index >= 15 is 0 Å². The Morgan fingerprint density at radius 2 is 1.87 bits per heavy atom. The van der Waals surface area contributed by atoms with Crippen molar-refractivity contribution in [1.82, 2.24) is 0 Å². The van der Waals surface area contributed by atoms with Gasteiger partial charge in [-0.3, -0.25) is 0 Å². The summed E-state index contributed by atoms with van der Waals surface area (Å²) in [7, 11) is -0.699. The lowest BCUT2D eigenvalue weighted by Gasteiger charge is -2.32. The van der Waals surface area contributed by atoms with Crippen LogP contribution in [0.15, 0.2) is 23.7 Å². The molecule has 0 bridgehead atoms. The van der Waals surface area contributed by atoms with Crippen molar-refractivity contribution in [2.75, 3.05) is 6.54 Å². The van der Waals surface area contributed by atoms with Crippen LogP contribution in [0.1, 0.15) is 43.6 Å². The molecule has 1 saturated heterocycles. The molecule has 1 aromatic rings. The van der Waals surface area contributed by atoms with Crippen LogP contribution in [0.25, 0.3) is 6.08 Å². The number of hydrogen-bond acceptors (Lipinski definition) is 4. The second-order valence-electron chi connectivity index (χ2n) is 6.55. The van der Waals surface area contributed by atoms with Crippen molar-refractivity contribution < 1.29 is 23.6 Å². The lowest BCUT2D eigenvalue weighted by Crippen LogP contribution is -2.41. The van der Waals surface area contributed by atoms with Gasteiger partial charge in [-0.05, 0) is 56.9 Å². The van der Waals surface area contributed by atoms with E-state index in [1.807, 2.05) is 27.7 Å². The summed E-state index contributed by atoms with van der Waals surface area (Å²) in [6.07, 6.45) is 1.52. The molecule has 2 rings (SSSR count). The van der Waals surface area contributed by atoms with E-state index in [9.17, 15) is 14.3 Å². The summed E-state index contributed by atoms with van der Waals surface area (Å²) in [5.41, 5.74) is 5.47. The quantitative estimate of drug-likeness (QED) is 0.833. The van der Waals surface area contributed by atoms with Gasteiger partial charge in [0.05, 0.1) is 16.8 Å². The third kappa shape index (κ3) is 3.47. The van der Waals surface area contributed by atoms with E-state index < -0.39 is 30.1 Å². The number of aromatic carboxylic acids is 1. The molecule has 3 N–H and O–H groups in total. The summed E-state index contributed by atoms with van der Waals surface area (Å²) >= 11 is 0. The Morgan fingerprint density at radius 1 is 1.30 bits per heavy atom. The zero-order chi connectivity index (χ0) is 17.4. The molecule has 124 valence electrons. The molecule has 23 heavy (non-hydrogen) atoms. The van der Waals surface area contributed by atoms with Gasteiger partial charge >= 0.3 is 13.1 Å². The average Bonchev–Trinajstić information content (AvgIpc) is 2.64. The van der Waals surface area contributed by atoms with Gasteiger partial charge in [-0.1, -0.05) is 6.08 Å². The van der Waals surface area contributed by atoms with Crippen LogP contribution in [0.5, 0.6) is 0 Å². The van der Waals surface area contributed by atoms with Crippen LogP contribution in [-0.4, -0.2) is 35.9 Å². The maximum absolute atomic E-state index is 13.5. The summed E-state index contributed by atoms with van der Waals surface area (Å²) in [4.78, 5) is 11.3.